The van der Waals surface area contributed by atoms with E-state index in [-0.39, 0.29) is 23.9 Å². The highest BCUT2D eigenvalue weighted by molar-refractivity contribution is 7.09. The number of hydrogen-bond donors (Lipinski definition) is 1. The number of rotatable bonds is 3. The van der Waals surface area contributed by atoms with Crippen LogP contribution in [0.5, 0.6) is 0 Å². The molecule has 0 aromatic carbocycles. The Balaban J connectivity index is 0.000000339. The number of aliphatic carboxylic acids is 1. The van der Waals surface area contributed by atoms with Gasteiger partial charge < -0.3 is 14.9 Å². The van der Waals surface area contributed by atoms with Crippen LogP contribution < -0.4 is 0 Å². The monoisotopic (exact) mass is 456 g/mol. The average molecular weight is 456 g/mol. The second-order valence-corrected chi connectivity index (χ2v) is 8.11. The Morgan fingerprint density at radius 1 is 1.32 bits per heavy atom. The minimum absolute atomic E-state index is 0.0326. The second kappa shape index (κ2) is 9.00. The fraction of sp³-hybridized carbons (Fsp3) is 0.421. The summed E-state index contributed by atoms with van der Waals surface area (Å²) in [6, 6.07) is 3.59. The molecule has 2 amide bonds. The lowest BCUT2D eigenvalue weighted by atomic mass is 10.1. The standard InChI is InChI=1S/C17H18N4O2S.C2HF3O2/c1-11-19-13(10-24-11)9-21-14-4-6-20(15(14)7-16(21)22)17(23)12-3-2-5-18-8-12;3-2(4,5)1(6)7/h2-3,5,8,10,14-15H,4,6-7,9H2,1H3;(H,6,7)/t14-,15+;/m0./s1. The van der Waals surface area contributed by atoms with Crippen molar-refractivity contribution in [3.05, 3.63) is 46.2 Å². The van der Waals surface area contributed by atoms with Gasteiger partial charge in [-0.25, -0.2) is 9.78 Å². The molecule has 2 aromatic heterocycles. The SMILES string of the molecule is Cc1nc(CN2C(=O)C[C@@H]3[C@@H]2CCN3C(=O)c2cccnc2)cs1.O=C(O)C(F)(F)F. The molecular weight excluding hydrogens is 437 g/mol. The maximum atomic E-state index is 12.7. The number of nitrogens with zero attached hydrogens (tertiary/aromatic N) is 4. The Labute approximate surface area is 179 Å². The predicted octanol–water partition coefficient (Wildman–Crippen LogP) is 2.50. The van der Waals surface area contributed by atoms with Gasteiger partial charge in [-0.2, -0.15) is 13.2 Å². The van der Waals surface area contributed by atoms with Crippen LogP contribution in [0.25, 0.3) is 0 Å². The topological polar surface area (TPSA) is 104 Å². The van der Waals surface area contributed by atoms with Crippen molar-refractivity contribution in [1.82, 2.24) is 19.8 Å². The van der Waals surface area contributed by atoms with E-state index in [0.29, 0.717) is 25.1 Å². The van der Waals surface area contributed by atoms with Crippen LogP contribution in [0.2, 0.25) is 0 Å². The number of carboxylic acid groups (broad SMARTS) is 1. The molecule has 166 valence electrons. The molecule has 2 aromatic rings. The molecule has 4 rings (SSSR count). The maximum Gasteiger partial charge on any atom is 0.490 e. The number of carbonyl (C=O) groups is 3. The number of carboxylic acids is 1. The molecule has 0 spiro atoms. The Bertz CT molecular complexity index is 967. The molecule has 0 saturated carbocycles. The molecule has 0 unspecified atom stereocenters. The number of aryl methyl sites for hydroxylation is 1. The molecule has 12 heteroatoms. The highest BCUT2D eigenvalue weighted by Crippen LogP contribution is 2.34. The van der Waals surface area contributed by atoms with Crippen LogP contribution in [-0.2, 0) is 16.1 Å². The van der Waals surface area contributed by atoms with Gasteiger partial charge in [-0.05, 0) is 25.5 Å². The summed E-state index contributed by atoms with van der Waals surface area (Å²) in [7, 11) is 0. The Kier molecular flexibility index (Phi) is 6.58. The van der Waals surface area contributed by atoms with Crippen molar-refractivity contribution in [2.75, 3.05) is 6.54 Å². The average Bonchev–Trinajstić information content (AvgIpc) is 3.39. The van der Waals surface area contributed by atoms with Crippen molar-refractivity contribution in [2.24, 2.45) is 0 Å². The molecule has 2 atom stereocenters. The number of halogens is 3. The second-order valence-electron chi connectivity index (χ2n) is 7.05. The third-order valence-electron chi connectivity index (χ3n) is 5.03. The molecule has 0 bridgehead atoms. The molecule has 31 heavy (non-hydrogen) atoms. The Morgan fingerprint density at radius 2 is 2.03 bits per heavy atom. The molecule has 0 radical (unpaired) electrons. The molecule has 0 aliphatic carbocycles. The van der Waals surface area contributed by atoms with Crippen molar-refractivity contribution in [3.63, 3.8) is 0 Å². The first-order chi connectivity index (χ1) is 14.6. The number of likely N-dealkylation sites (tertiary alicyclic amines) is 2. The van der Waals surface area contributed by atoms with Gasteiger partial charge in [-0.1, -0.05) is 0 Å². The van der Waals surface area contributed by atoms with E-state index >= 15 is 0 Å². The summed E-state index contributed by atoms with van der Waals surface area (Å²) in [5.74, 6) is -2.68. The van der Waals surface area contributed by atoms with E-state index in [1.165, 1.54) is 0 Å². The number of thiazole rings is 1. The van der Waals surface area contributed by atoms with E-state index in [4.69, 9.17) is 9.90 Å². The van der Waals surface area contributed by atoms with Crippen LogP contribution in [0.3, 0.4) is 0 Å². The quantitative estimate of drug-likeness (QED) is 0.761. The number of carbonyl (C=O) groups excluding carboxylic acids is 2. The summed E-state index contributed by atoms with van der Waals surface area (Å²) in [6.07, 6.45) is -0.617. The zero-order chi connectivity index (χ0) is 22.8. The predicted molar refractivity (Wildman–Crippen MR) is 103 cm³/mol. The Morgan fingerprint density at radius 3 is 2.58 bits per heavy atom. The summed E-state index contributed by atoms with van der Waals surface area (Å²) in [4.78, 5) is 46.3. The summed E-state index contributed by atoms with van der Waals surface area (Å²) < 4.78 is 31.7. The summed E-state index contributed by atoms with van der Waals surface area (Å²) in [6.45, 7) is 3.19. The third kappa shape index (κ3) is 5.19. The summed E-state index contributed by atoms with van der Waals surface area (Å²) in [5, 5.41) is 10.1. The lowest BCUT2D eigenvalue weighted by Crippen LogP contribution is -2.39. The zero-order valence-electron chi connectivity index (χ0n) is 16.4. The highest BCUT2D eigenvalue weighted by Gasteiger charge is 2.48. The van der Waals surface area contributed by atoms with Crippen molar-refractivity contribution < 1.29 is 32.7 Å². The largest absolute Gasteiger partial charge is 0.490 e. The van der Waals surface area contributed by atoms with Crippen LogP contribution in [-0.4, -0.2) is 67.5 Å². The van der Waals surface area contributed by atoms with Crippen molar-refractivity contribution in [1.29, 1.82) is 0 Å². The van der Waals surface area contributed by atoms with E-state index in [2.05, 4.69) is 9.97 Å². The first-order valence-corrected chi connectivity index (χ1v) is 10.2. The molecule has 2 aliphatic rings. The first kappa shape index (κ1) is 22.7. The molecule has 2 aliphatic heterocycles. The van der Waals surface area contributed by atoms with Gasteiger partial charge in [0.15, 0.2) is 0 Å². The lowest BCUT2D eigenvalue weighted by Gasteiger charge is -2.25. The molecule has 2 fully saturated rings. The van der Waals surface area contributed by atoms with Crippen molar-refractivity contribution in [2.45, 2.75) is 44.6 Å². The van der Waals surface area contributed by atoms with Gasteiger partial charge >= 0.3 is 12.1 Å². The third-order valence-corrected chi connectivity index (χ3v) is 5.85. The van der Waals surface area contributed by atoms with Crippen LogP contribution in [0, 0.1) is 6.92 Å². The fourth-order valence-electron chi connectivity index (χ4n) is 3.70. The van der Waals surface area contributed by atoms with Crippen LogP contribution in [0.1, 0.15) is 33.9 Å². The minimum Gasteiger partial charge on any atom is -0.475 e. The van der Waals surface area contributed by atoms with E-state index in [9.17, 15) is 22.8 Å². The molecule has 2 saturated heterocycles. The number of hydrogen-bond acceptors (Lipinski definition) is 6. The van der Waals surface area contributed by atoms with Gasteiger partial charge in [0, 0.05) is 30.7 Å². The minimum atomic E-state index is -5.08. The molecule has 4 heterocycles. The van der Waals surface area contributed by atoms with Crippen molar-refractivity contribution in [3.8, 4) is 0 Å². The molecular formula is C19H19F3N4O4S. The zero-order valence-corrected chi connectivity index (χ0v) is 17.2. The van der Waals surface area contributed by atoms with E-state index in [1.807, 2.05) is 22.1 Å². The van der Waals surface area contributed by atoms with Gasteiger partial charge in [-0.3, -0.25) is 14.6 Å². The van der Waals surface area contributed by atoms with Crippen LogP contribution in [0.15, 0.2) is 29.9 Å². The van der Waals surface area contributed by atoms with Gasteiger partial charge in [0.2, 0.25) is 5.91 Å². The highest BCUT2D eigenvalue weighted by atomic mass is 32.1. The normalized spacial score (nSPS) is 20.3. The summed E-state index contributed by atoms with van der Waals surface area (Å²) in [5.41, 5.74) is 1.52. The number of alkyl halides is 3. The van der Waals surface area contributed by atoms with Gasteiger partial charge in [-0.15, -0.1) is 11.3 Å². The van der Waals surface area contributed by atoms with Crippen LogP contribution >= 0.6 is 11.3 Å². The maximum absolute atomic E-state index is 12.7. The van der Waals surface area contributed by atoms with E-state index < -0.39 is 12.1 Å². The van der Waals surface area contributed by atoms with Gasteiger partial charge in [0.25, 0.3) is 5.91 Å². The first-order valence-electron chi connectivity index (χ1n) is 9.29. The number of aromatic nitrogens is 2. The molecule has 8 nitrogen and oxygen atoms in total. The summed E-state index contributed by atoms with van der Waals surface area (Å²) >= 11 is 1.60. The number of pyridine rings is 1. The molecule has 1 N–H and O–H groups in total. The van der Waals surface area contributed by atoms with Gasteiger partial charge in [0.05, 0.1) is 34.9 Å². The smallest absolute Gasteiger partial charge is 0.475 e. The van der Waals surface area contributed by atoms with Crippen LogP contribution in [0.4, 0.5) is 13.2 Å². The van der Waals surface area contributed by atoms with E-state index in [1.54, 1.807) is 35.9 Å². The lowest BCUT2D eigenvalue weighted by molar-refractivity contribution is -0.192. The van der Waals surface area contributed by atoms with Crippen molar-refractivity contribution >= 4 is 29.1 Å². The number of amides is 2. The van der Waals surface area contributed by atoms with E-state index in [0.717, 1.165) is 17.1 Å². The number of fused-ring (bicyclic) bond motifs is 1. The Hall–Kier alpha value is -3.02. The van der Waals surface area contributed by atoms with Gasteiger partial charge in [0.1, 0.15) is 0 Å². The fourth-order valence-corrected chi connectivity index (χ4v) is 4.30.